The molecule has 120 valence electrons. The van der Waals surface area contributed by atoms with Crippen molar-refractivity contribution in [1.29, 1.82) is 0 Å². The number of aromatic carboxylic acids is 1. The second kappa shape index (κ2) is 5.83. The van der Waals surface area contributed by atoms with Crippen molar-refractivity contribution >= 4 is 17.3 Å². The second-order valence-electron chi connectivity index (χ2n) is 5.01. The van der Waals surface area contributed by atoms with E-state index in [2.05, 4.69) is 5.10 Å². The molecule has 0 radical (unpaired) electrons. The van der Waals surface area contributed by atoms with E-state index >= 15 is 0 Å². The molecular weight excluding hydrogens is 308 g/mol. The van der Waals surface area contributed by atoms with Gasteiger partial charge in [0.1, 0.15) is 5.69 Å². The molecule has 1 aromatic carbocycles. The van der Waals surface area contributed by atoms with Crippen LogP contribution in [0.2, 0.25) is 0 Å². The van der Waals surface area contributed by atoms with Gasteiger partial charge in [-0.25, -0.2) is 9.48 Å². The summed E-state index contributed by atoms with van der Waals surface area (Å²) in [4.78, 5) is 31.6. The van der Waals surface area contributed by atoms with Crippen molar-refractivity contribution in [3.05, 3.63) is 55.9 Å². The van der Waals surface area contributed by atoms with Gasteiger partial charge in [-0.15, -0.1) is 0 Å². The summed E-state index contributed by atoms with van der Waals surface area (Å²) in [5.74, 6) is -1.43. The van der Waals surface area contributed by atoms with Gasteiger partial charge in [-0.3, -0.25) is 20.2 Å². The van der Waals surface area contributed by atoms with Crippen molar-refractivity contribution in [2.24, 2.45) is 0 Å². The molecule has 1 N–H and O–H groups in total. The van der Waals surface area contributed by atoms with Crippen LogP contribution in [0.1, 0.15) is 35.9 Å². The summed E-state index contributed by atoms with van der Waals surface area (Å²) in [6.07, 6.45) is 0. The number of hydrogen-bond acceptors (Lipinski definition) is 6. The van der Waals surface area contributed by atoms with Crippen molar-refractivity contribution in [3.8, 4) is 5.69 Å². The molecule has 0 amide bonds. The molecule has 1 aromatic heterocycles. The third-order valence-corrected chi connectivity index (χ3v) is 3.14. The van der Waals surface area contributed by atoms with Crippen LogP contribution in [0.15, 0.2) is 24.3 Å². The topological polar surface area (TPSA) is 141 Å². The average molecular weight is 320 g/mol. The Bertz CT molecular complexity index is 811. The lowest BCUT2D eigenvalue weighted by Gasteiger charge is -2.10. The third kappa shape index (κ3) is 3.00. The maximum absolute atomic E-state index is 11.2. The molecule has 10 heteroatoms. The van der Waals surface area contributed by atoms with Gasteiger partial charge in [0.2, 0.25) is 0 Å². The SMILES string of the molecule is CC(C)c1cc(C(=O)O)nn1-c1ccc([N+](=O)[O-])cc1[N+](=O)[O-]. The normalized spacial score (nSPS) is 10.7. The molecule has 0 aliphatic heterocycles. The van der Waals surface area contributed by atoms with Crippen molar-refractivity contribution < 1.29 is 19.7 Å². The molecular formula is C13H12N4O6. The molecule has 0 saturated carbocycles. The van der Waals surface area contributed by atoms with E-state index in [0.717, 1.165) is 16.8 Å². The summed E-state index contributed by atoms with van der Waals surface area (Å²) in [7, 11) is 0. The summed E-state index contributed by atoms with van der Waals surface area (Å²) in [6.45, 7) is 3.55. The van der Waals surface area contributed by atoms with Gasteiger partial charge in [0, 0.05) is 11.8 Å². The van der Waals surface area contributed by atoms with Crippen molar-refractivity contribution in [1.82, 2.24) is 9.78 Å². The van der Waals surface area contributed by atoms with Crippen LogP contribution < -0.4 is 0 Å². The standard InChI is InChI=1S/C13H12N4O6/c1-7(2)11-6-9(13(18)19)14-15(11)10-4-3-8(16(20)21)5-12(10)17(22)23/h3-7H,1-2H3,(H,18,19). The summed E-state index contributed by atoms with van der Waals surface area (Å²) < 4.78 is 1.13. The van der Waals surface area contributed by atoms with Crippen LogP contribution in [0, 0.1) is 20.2 Å². The molecule has 2 rings (SSSR count). The molecule has 0 aliphatic carbocycles. The number of nitrogens with zero attached hydrogens (tertiary/aromatic N) is 4. The van der Waals surface area contributed by atoms with E-state index in [4.69, 9.17) is 5.11 Å². The lowest BCUT2D eigenvalue weighted by atomic mass is 10.1. The van der Waals surface area contributed by atoms with Crippen LogP contribution in [0.25, 0.3) is 5.69 Å². The van der Waals surface area contributed by atoms with Gasteiger partial charge < -0.3 is 5.11 Å². The molecule has 0 saturated heterocycles. The lowest BCUT2D eigenvalue weighted by molar-refractivity contribution is -0.394. The minimum absolute atomic E-state index is 0.0307. The lowest BCUT2D eigenvalue weighted by Crippen LogP contribution is -2.08. The number of rotatable bonds is 5. The van der Waals surface area contributed by atoms with Crippen LogP contribution in [0.4, 0.5) is 11.4 Å². The van der Waals surface area contributed by atoms with Crippen molar-refractivity contribution in [2.75, 3.05) is 0 Å². The van der Waals surface area contributed by atoms with E-state index in [-0.39, 0.29) is 17.3 Å². The van der Waals surface area contributed by atoms with Gasteiger partial charge >= 0.3 is 11.7 Å². The van der Waals surface area contributed by atoms with Gasteiger partial charge in [-0.2, -0.15) is 5.10 Å². The molecule has 1 heterocycles. The van der Waals surface area contributed by atoms with E-state index in [1.54, 1.807) is 13.8 Å². The van der Waals surface area contributed by atoms with Gasteiger partial charge in [0.15, 0.2) is 5.69 Å². The fourth-order valence-corrected chi connectivity index (χ4v) is 2.05. The fourth-order valence-electron chi connectivity index (χ4n) is 2.05. The highest BCUT2D eigenvalue weighted by Gasteiger charge is 2.25. The van der Waals surface area contributed by atoms with E-state index in [1.807, 2.05) is 0 Å². The highest BCUT2D eigenvalue weighted by Crippen LogP contribution is 2.30. The highest BCUT2D eigenvalue weighted by molar-refractivity contribution is 5.85. The van der Waals surface area contributed by atoms with Crippen molar-refractivity contribution in [2.45, 2.75) is 19.8 Å². The first kappa shape index (κ1) is 16.1. The largest absolute Gasteiger partial charge is 0.476 e. The Balaban J connectivity index is 2.73. The number of hydrogen-bond donors (Lipinski definition) is 1. The Morgan fingerprint density at radius 3 is 2.35 bits per heavy atom. The molecule has 0 bridgehead atoms. The molecule has 0 aliphatic rings. The Morgan fingerprint density at radius 2 is 1.87 bits per heavy atom. The molecule has 0 fully saturated rings. The van der Waals surface area contributed by atoms with Crippen LogP contribution >= 0.6 is 0 Å². The number of nitro groups is 2. The monoisotopic (exact) mass is 320 g/mol. The maximum Gasteiger partial charge on any atom is 0.356 e. The Labute approximate surface area is 129 Å². The number of carbonyl (C=O) groups is 1. The van der Waals surface area contributed by atoms with Crippen molar-refractivity contribution in [3.63, 3.8) is 0 Å². The van der Waals surface area contributed by atoms with Crippen LogP contribution in [-0.2, 0) is 0 Å². The summed E-state index contributed by atoms with van der Waals surface area (Å²) in [6, 6.07) is 4.43. The summed E-state index contributed by atoms with van der Waals surface area (Å²) in [5.41, 5.74) is -0.809. The molecule has 0 unspecified atom stereocenters. The Hall–Kier alpha value is -3.30. The average Bonchev–Trinajstić information content (AvgIpc) is 2.91. The Kier molecular flexibility index (Phi) is 4.08. The number of nitro benzene ring substituents is 2. The second-order valence-corrected chi connectivity index (χ2v) is 5.01. The van der Waals surface area contributed by atoms with Crippen LogP contribution in [0.3, 0.4) is 0 Å². The van der Waals surface area contributed by atoms with Gasteiger partial charge in [-0.05, 0) is 18.1 Å². The quantitative estimate of drug-likeness (QED) is 0.658. The van der Waals surface area contributed by atoms with E-state index in [0.29, 0.717) is 5.69 Å². The zero-order valence-corrected chi connectivity index (χ0v) is 12.2. The molecule has 10 nitrogen and oxygen atoms in total. The highest BCUT2D eigenvalue weighted by atomic mass is 16.6. The zero-order valence-electron chi connectivity index (χ0n) is 12.2. The van der Waals surface area contributed by atoms with E-state index in [1.165, 1.54) is 12.1 Å². The number of carboxylic acids is 1. The molecule has 0 spiro atoms. The van der Waals surface area contributed by atoms with Crippen LogP contribution in [0.5, 0.6) is 0 Å². The number of carboxylic acid groups (broad SMARTS) is 1. The number of aromatic nitrogens is 2. The van der Waals surface area contributed by atoms with Gasteiger partial charge in [0.05, 0.1) is 15.9 Å². The fraction of sp³-hybridized carbons (Fsp3) is 0.231. The number of non-ortho nitro benzene ring substituents is 1. The smallest absolute Gasteiger partial charge is 0.356 e. The predicted octanol–water partition coefficient (Wildman–Crippen LogP) is 2.51. The van der Waals surface area contributed by atoms with Gasteiger partial charge in [0.25, 0.3) is 5.69 Å². The third-order valence-electron chi connectivity index (χ3n) is 3.14. The number of benzene rings is 1. The summed E-state index contributed by atoms with van der Waals surface area (Å²) >= 11 is 0. The minimum Gasteiger partial charge on any atom is -0.476 e. The minimum atomic E-state index is -1.27. The summed E-state index contributed by atoms with van der Waals surface area (Å²) in [5, 5.41) is 34.9. The maximum atomic E-state index is 11.2. The predicted molar refractivity (Wildman–Crippen MR) is 77.9 cm³/mol. The first-order valence-electron chi connectivity index (χ1n) is 6.48. The molecule has 23 heavy (non-hydrogen) atoms. The molecule has 2 aromatic rings. The zero-order chi connectivity index (χ0) is 17.3. The van der Waals surface area contributed by atoms with Gasteiger partial charge in [-0.1, -0.05) is 13.8 Å². The first-order valence-corrected chi connectivity index (χ1v) is 6.48. The van der Waals surface area contributed by atoms with E-state index in [9.17, 15) is 25.0 Å². The molecule has 0 atom stereocenters. The van der Waals surface area contributed by atoms with E-state index < -0.39 is 27.2 Å². The first-order chi connectivity index (χ1) is 10.7. The Morgan fingerprint density at radius 1 is 1.22 bits per heavy atom. The van der Waals surface area contributed by atoms with Crippen LogP contribution in [-0.4, -0.2) is 30.7 Å².